The van der Waals surface area contributed by atoms with Crippen LogP contribution in [-0.4, -0.2) is 31.1 Å². The number of rotatable bonds is 9. The van der Waals surface area contributed by atoms with Gasteiger partial charge in [-0.1, -0.05) is 47.5 Å². The van der Waals surface area contributed by atoms with Crippen LogP contribution in [0.5, 0.6) is 0 Å². The van der Waals surface area contributed by atoms with Crippen molar-refractivity contribution >= 4 is 0 Å². The Morgan fingerprint density at radius 2 is 1.88 bits per heavy atom. The van der Waals surface area contributed by atoms with E-state index in [2.05, 4.69) is 39.5 Å². The molecule has 0 amide bonds. The number of hydrogen-bond donors (Lipinski definition) is 1. The van der Waals surface area contributed by atoms with Crippen LogP contribution in [0, 0.1) is 11.3 Å². The van der Waals surface area contributed by atoms with Crippen molar-refractivity contribution in [1.82, 2.24) is 4.90 Å². The highest BCUT2D eigenvalue weighted by atomic mass is 15.1. The molecule has 16 heavy (non-hydrogen) atoms. The highest BCUT2D eigenvalue weighted by Crippen LogP contribution is 2.23. The highest BCUT2D eigenvalue weighted by Gasteiger charge is 2.24. The molecule has 0 heterocycles. The molecule has 0 fully saturated rings. The van der Waals surface area contributed by atoms with Gasteiger partial charge in [0.25, 0.3) is 0 Å². The molecule has 0 aromatic heterocycles. The van der Waals surface area contributed by atoms with E-state index in [9.17, 15) is 0 Å². The summed E-state index contributed by atoms with van der Waals surface area (Å²) in [4.78, 5) is 2.57. The zero-order chi connectivity index (χ0) is 12.6. The third-order valence-electron chi connectivity index (χ3n) is 3.67. The maximum atomic E-state index is 5.93. The summed E-state index contributed by atoms with van der Waals surface area (Å²) in [6, 6.07) is 0. The van der Waals surface area contributed by atoms with E-state index in [0.29, 0.717) is 5.41 Å². The molecule has 2 atom stereocenters. The largest absolute Gasteiger partial charge is 0.330 e. The third kappa shape index (κ3) is 5.86. The van der Waals surface area contributed by atoms with Gasteiger partial charge in [0, 0.05) is 13.1 Å². The Hall–Kier alpha value is -0.0800. The van der Waals surface area contributed by atoms with E-state index in [1.807, 2.05) is 0 Å². The van der Waals surface area contributed by atoms with Crippen LogP contribution in [0.4, 0.5) is 0 Å². The second-order valence-electron chi connectivity index (χ2n) is 5.61. The molecule has 0 spiro atoms. The Labute approximate surface area is 103 Å². The van der Waals surface area contributed by atoms with E-state index in [4.69, 9.17) is 5.73 Å². The zero-order valence-electron chi connectivity index (χ0n) is 12.1. The molecule has 0 aliphatic heterocycles. The first-order valence-corrected chi connectivity index (χ1v) is 6.93. The Bertz CT molecular complexity index is 170. The topological polar surface area (TPSA) is 29.3 Å². The van der Waals surface area contributed by atoms with E-state index >= 15 is 0 Å². The molecule has 2 unspecified atom stereocenters. The number of nitrogens with zero attached hydrogens (tertiary/aromatic N) is 1. The fourth-order valence-corrected chi connectivity index (χ4v) is 2.26. The molecule has 2 nitrogen and oxygen atoms in total. The average molecular weight is 228 g/mol. The lowest BCUT2D eigenvalue weighted by Gasteiger charge is -2.35. The van der Waals surface area contributed by atoms with Gasteiger partial charge in [0.1, 0.15) is 0 Å². The second-order valence-corrected chi connectivity index (χ2v) is 5.61. The van der Waals surface area contributed by atoms with Crippen LogP contribution in [0.1, 0.15) is 53.9 Å². The van der Waals surface area contributed by atoms with E-state index in [1.165, 1.54) is 25.8 Å². The summed E-state index contributed by atoms with van der Waals surface area (Å²) in [5.41, 5.74) is 6.24. The molecule has 0 aromatic rings. The quantitative estimate of drug-likeness (QED) is 0.657. The van der Waals surface area contributed by atoms with Gasteiger partial charge in [0.2, 0.25) is 0 Å². The minimum absolute atomic E-state index is 0.304. The van der Waals surface area contributed by atoms with Crippen molar-refractivity contribution in [1.29, 1.82) is 0 Å². The van der Waals surface area contributed by atoms with Gasteiger partial charge in [-0.15, -0.1) is 0 Å². The van der Waals surface area contributed by atoms with Crippen LogP contribution in [0.3, 0.4) is 0 Å². The number of nitrogens with two attached hydrogens (primary N) is 1. The third-order valence-corrected chi connectivity index (χ3v) is 3.67. The summed E-state index contributed by atoms with van der Waals surface area (Å²) < 4.78 is 0. The lowest BCUT2D eigenvalue weighted by molar-refractivity contribution is 0.147. The monoisotopic (exact) mass is 228 g/mol. The summed E-state index contributed by atoms with van der Waals surface area (Å²) >= 11 is 0. The Kier molecular flexibility index (Phi) is 8.04. The van der Waals surface area contributed by atoms with Crippen molar-refractivity contribution in [3.63, 3.8) is 0 Å². The van der Waals surface area contributed by atoms with Crippen molar-refractivity contribution in [3.8, 4) is 0 Å². The van der Waals surface area contributed by atoms with Gasteiger partial charge in [0.15, 0.2) is 0 Å². The smallest absolute Gasteiger partial charge is 0.00474 e. The molecule has 0 aromatic carbocycles. The van der Waals surface area contributed by atoms with Crippen LogP contribution in [-0.2, 0) is 0 Å². The summed E-state index contributed by atoms with van der Waals surface area (Å²) in [6.45, 7) is 15.8. The van der Waals surface area contributed by atoms with Crippen molar-refractivity contribution in [2.75, 3.05) is 26.2 Å². The average Bonchev–Trinajstić information content (AvgIpc) is 2.28. The lowest BCUT2D eigenvalue weighted by Crippen LogP contribution is -2.42. The first-order chi connectivity index (χ1) is 7.51. The molecule has 0 rings (SSSR count). The molecular formula is C14H32N2. The predicted octanol–water partition coefficient (Wildman–Crippen LogP) is 3.12. The van der Waals surface area contributed by atoms with Crippen LogP contribution in [0.15, 0.2) is 0 Å². The van der Waals surface area contributed by atoms with Crippen molar-refractivity contribution in [2.24, 2.45) is 17.1 Å². The maximum absolute atomic E-state index is 5.93. The lowest BCUT2D eigenvalue weighted by atomic mass is 9.85. The molecule has 0 radical (unpaired) electrons. The molecule has 0 saturated carbocycles. The summed E-state index contributed by atoms with van der Waals surface area (Å²) in [5, 5.41) is 0. The van der Waals surface area contributed by atoms with Gasteiger partial charge in [-0.2, -0.15) is 0 Å². The molecule has 2 heteroatoms. The molecular weight excluding hydrogens is 196 g/mol. The summed E-state index contributed by atoms with van der Waals surface area (Å²) in [5.74, 6) is 0.795. The minimum Gasteiger partial charge on any atom is -0.330 e. The van der Waals surface area contributed by atoms with Gasteiger partial charge in [0.05, 0.1) is 0 Å². The molecule has 0 bridgehead atoms. The van der Waals surface area contributed by atoms with E-state index in [0.717, 1.165) is 25.6 Å². The van der Waals surface area contributed by atoms with Crippen molar-refractivity contribution < 1.29 is 0 Å². The van der Waals surface area contributed by atoms with Gasteiger partial charge >= 0.3 is 0 Å². The Balaban J connectivity index is 4.26. The Morgan fingerprint density at radius 3 is 2.25 bits per heavy atom. The molecule has 0 aliphatic carbocycles. The van der Waals surface area contributed by atoms with Crippen LogP contribution < -0.4 is 5.73 Å². The molecule has 2 N–H and O–H groups in total. The SMILES string of the molecule is CCCC(C)(CN)CN(CC)CC(C)CC. The Morgan fingerprint density at radius 1 is 1.25 bits per heavy atom. The predicted molar refractivity (Wildman–Crippen MR) is 73.6 cm³/mol. The first kappa shape index (κ1) is 15.9. The summed E-state index contributed by atoms with van der Waals surface area (Å²) in [7, 11) is 0. The first-order valence-electron chi connectivity index (χ1n) is 6.93. The van der Waals surface area contributed by atoms with Gasteiger partial charge < -0.3 is 10.6 Å². The van der Waals surface area contributed by atoms with Gasteiger partial charge in [-0.3, -0.25) is 0 Å². The summed E-state index contributed by atoms with van der Waals surface area (Å²) in [6.07, 6.45) is 3.73. The standard InChI is InChI=1S/C14H32N2/c1-6-9-14(5,11-15)12-16(8-3)10-13(4)7-2/h13H,6-12,15H2,1-5H3. The fourth-order valence-electron chi connectivity index (χ4n) is 2.26. The van der Waals surface area contributed by atoms with Gasteiger partial charge in [-0.05, 0) is 30.8 Å². The van der Waals surface area contributed by atoms with Crippen LogP contribution in [0.25, 0.3) is 0 Å². The van der Waals surface area contributed by atoms with Gasteiger partial charge in [-0.25, -0.2) is 0 Å². The molecule has 98 valence electrons. The van der Waals surface area contributed by atoms with E-state index in [-0.39, 0.29) is 0 Å². The minimum atomic E-state index is 0.304. The fraction of sp³-hybridized carbons (Fsp3) is 1.00. The zero-order valence-corrected chi connectivity index (χ0v) is 12.1. The van der Waals surface area contributed by atoms with Crippen molar-refractivity contribution in [2.45, 2.75) is 53.9 Å². The van der Waals surface area contributed by atoms with E-state index < -0.39 is 0 Å². The molecule has 0 aliphatic rings. The van der Waals surface area contributed by atoms with Crippen LogP contribution in [0.2, 0.25) is 0 Å². The normalized spacial score (nSPS) is 17.4. The molecule has 0 saturated heterocycles. The van der Waals surface area contributed by atoms with Crippen LogP contribution >= 0.6 is 0 Å². The highest BCUT2D eigenvalue weighted by molar-refractivity contribution is 4.79. The van der Waals surface area contributed by atoms with Crippen molar-refractivity contribution in [3.05, 3.63) is 0 Å². The van der Waals surface area contributed by atoms with E-state index in [1.54, 1.807) is 0 Å². The second kappa shape index (κ2) is 8.08. The number of hydrogen-bond acceptors (Lipinski definition) is 2. The maximum Gasteiger partial charge on any atom is 0.00474 e.